The van der Waals surface area contributed by atoms with E-state index in [0.717, 1.165) is 65.7 Å². The summed E-state index contributed by atoms with van der Waals surface area (Å²) in [5.41, 5.74) is 4.61. The molecule has 56 heavy (non-hydrogen) atoms. The second-order valence-corrected chi connectivity index (χ2v) is 18.9. The maximum absolute atomic E-state index is 13.4. The van der Waals surface area contributed by atoms with Gasteiger partial charge in [-0.25, -0.2) is 21.6 Å². The van der Waals surface area contributed by atoms with Crippen molar-refractivity contribution in [2.45, 2.75) is 40.1 Å². The van der Waals surface area contributed by atoms with Crippen molar-refractivity contribution in [2.24, 2.45) is 0 Å². The molecule has 1 heterocycles. The highest BCUT2D eigenvalue weighted by Crippen LogP contribution is 2.29. The molecule has 1 aliphatic rings. The Morgan fingerprint density at radius 1 is 0.839 bits per heavy atom. The van der Waals surface area contributed by atoms with Crippen molar-refractivity contribution in [3.8, 4) is 11.1 Å². The van der Waals surface area contributed by atoms with Gasteiger partial charge in [-0.1, -0.05) is 66.2 Å². The number of carbonyl (C=O) groups excluding carboxylic acids is 1. The molecule has 1 atom stereocenters. The Balaban J connectivity index is 1.04. The minimum Gasteiger partial charge on any atom is -0.384 e. The molecule has 1 saturated heterocycles. The molecular weight excluding hydrogens is 786 g/mol. The van der Waals surface area contributed by atoms with E-state index in [1.165, 1.54) is 30.7 Å². The maximum atomic E-state index is 13.4. The zero-order chi connectivity index (χ0) is 39.5. The molecule has 0 radical (unpaired) electrons. The highest BCUT2D eigenvalue weighted by atomic mass is 35.5. The van der Waals surface area contributed by atoms with Gasteiger partial charge < -0.3 is 20.9 Å². The van der Waals surface area contributed by atoms with Gasteiger partial charge in [-0.05, 0) is 109 Å². The standard InChI is InChI=1S/C42H46ClN5O5S3/c1-55(50,51)41-28-38(20-21-40(41)46-36(22-27-48-25-7-26-48)30-54-37-9-3-2-4-10-37)56(52,53)47-42(49)32-14-18-35(19-15-32)45-24-23-44-29-33-8-5-6-11-39(33)31-12-16-34(43)17-13-31/h2-6,8-21,28,36,44-46H,7,22-27,29-30H2,1H3,(H,47,49)/t36-/m1/s1. The first-order valence-corrected chi connectivity index (χ1v) is 23.1. The summed E-state index contributed by atoms with van der Waals surface area (Å²) in [6.45, 7) is 4.93. The van der Waals surface area contributed by atoms with E-state index in [1.54, 1.807) is 23.9 Å². The number of rotatable bonds is 19. The van der Waals surface area contributed by atoms with Crippen molar-refractivity contribution in [1.82, 2.24) is 14.9 Å². The molecule has 294 valence electrons. The van der Waals surface area contributed by atoms with E-state index in [9.17, 15) is 21.6 Å². The van der Waals surface area contributed by atoms with Gasteiger partial charge >= 0.3 is 0 Å². The highest BCUT2D eigenvalue weighted by molar-refractivity contribution is 7.99. The normalized spacial score (nSPS) is 13.8. The first-order valence-electron chi connectivity index (χ1n) is 18.4. The van der Waals surface area contributed by atoms with E-state index in [-0.39, 0.29) is 21.4 Å². The average molecular weight is 833 g/mol. The van der Waals surface area contributed by atoms with Crippen molar-refractivity contribution in [3.63, 3.8) is 0 Å². The fourth-order valence-corrected chi connectivity index (χ4v) is 9.31. The number of nitrogens with one attached hydrogen (secondary N) is 4. The molecule has 14 heteroatoms. The zero-order valence-electron chi connectivity index (χ0n) is 31.1. The molecule has 10 nitrogen and oxygen atoms in total. The summed E-state index contributed by atoms with van der Waals surface area (Å²) in [5.74, 6) is -0.145. The van der Waals surface area contributed by atoms with Gasteiger partial charge in [-0.15, -0.1) is 11.8 Å². The smallest absolute Gasteiger partial charge is 0.264 e. The van der Waals surface area contributed by atoms with Gasteiger partial charge in [0.2, 0.25) is 0 Å². The number of sulfone groups is 1. The second kappa shape index (κ2) is 19.2. The lowest BCUT2D eigenvalue weighted by molar-refractivity contribution is 0.0981. The predicted molar refractivity (Wildman–Crippen MR) is 228 cm³/mol. The lowest BCUT2D eigenvalue weighted by Crippen LogP contribution is -2.40. The fourth-order valence-electron chi connectivity index (χ4n) is 6.25. The Bertz CT molecular complexity index is 2310. The molecule has 1 fully saturated rings. The Morgan fingerprint density at radius 3 is 2.25 bits per heavy atom. The van der Waals surface area contributed by atoms with E-state index in [4.69, 9.17) is 11.6 Å². The number of thioether (sulfide) groups is 1. The Hall–Kier alpha value is -4.37. The minimum atomic E-state index is -4.41. The van der Waals surface area contributed by atoms with E-state index >= 15 is 0 Å². The number of carbonyl (C=O) groups is 1. The second-order valence-electron chi connectivity index (χ2n) is 13.7. The summed E-state index contributed by atoms with van der Waals surface area (Å²) in [7, 11) is -8.26. The molecule has 5 aromatic carbocycles. The van der Waals surface area contributed by atoms with Crippen molar-refractivity contribution < 1.29 is 21.6 Å². The first kappa shape index (κ1) is 41.3. The number of sulfonamides is 1. The lowest BCUT2D eigenvalue weighted by atomic mass is 10.00. The van der Waals surface area contributed by atoms with Crippen LogP contribution in [0.4, 0.5) is 11.4 Å². The van der Waals surface area contributed by atoms with Crippen LogP contribution in [0.15, 0.2) is 136 Å². The summed E-state index contributed by atoms with van der Waals surface area (Å²) in [6, 6.07) is 36.2. The SMILES string of the molecule is CS(=O)(=O)c1cc(S(=O)(=O)NC(=O)c2ccc(NCCNCc3ccccc3-c3ccc(Cl)cc3)cc2)ccc1N[C@H](CCN1CCC1)CSc1ccccc1. The Labute approximate surface area is 339 Å². The van der Waals surface area contributed by atoms with E-state index < -0.39 is 25.8 Å². The van der Waals surface area contributed by atoms with Gasteiger partial charge in [-0.2, -0.15) is 0 Å². The number of amides is 1. The van der Waals surface area contributed by atoms with Crippen LogP contribution in [0.2, 0.25) is 5.02 Å². The van der Waals surface area contributed by atoms with E-state index in [2.05, 4.69) is 37.7 Å². The molecule has 0 unspecified atom stereocenters. The summed E-state index contributed by atoms with van der Waals surface area (Å²) >= 11 is 7.74. The number of anilines is 2. The molecular formula is C42H46ClN5O5S3. The lowest BCUT2D eigenvalue weighted by Gasteiger charge is -2.32. The van der Waals surface area contributed by atoms with Gasteiger partial charge in [0.05, 0.1) is 15.5 Å². The number of hydrogen-bond donors (Lipinski definition) is 4. The van der Waals surface area contributed by atoms with Crippen LogP contribution >= 0.6 is 23.4 Å². The van der Waals surface area contributed by atoms with Gasteiger partial charge in [0.25, 0.3) is 15.9 Å². The number of likely N-dealkylation sites (tertiary alicyclic amines) is 1. The monoisotopic (exact) mass is 831 g/mol. The fraction of sp³-hybridized carbons (Fsp3) is 0.262. The summed E-state index contributed by atoms with van der Waals surface area (Å²) < 4.78 is 54.9. The summed E-state index contributed by atoms with van der Waals surface area (Å²) in [6.07, 6.45) is 3.00. The van der Waals surface area contributed by atoms with Gasteiger partial charge in [0.1, 0.15) is 0 Å². The van der Waals surface area contributed by atoms with Crippen molar-refractivity contribution in [2.75, 3.05) is 55.4 Å². The van der Waals surface area contributed by atoms with Gasteiger partial charge in [0.15, 0.2) is 9.84 Å². The molecule has 0 spiro atoms. The number of nitrogens with zero attached hydrogens (tertiary/aromatic N) is 1. The van der Waals surface area contributed by atoms with Gasteiger partial charge in [-0.3, -0.25) is 4.79 Å². The topological polar surface area (TPSA) is 137 Å². The third-order valence-electron chi connectivity index (χ3n) is 9.45. The van der Waals surface area contributed by atoms with Crippen LogP contribution in [0, 0.1) is 0 Å². The quantitative estimate of drug-likeness (QED) is 0.0493. The molecule has 6 rings (SSSR count). The van der Waals surface area contributed by atoms with Crippen LogP contribution in [-0.4, -0.2) is 78.4 Å². The number of halogens is 1. The Morgan fingerprint density at radius 2 is 1.55 bits per heavy atom. The predicted octanol–water partition coefficient (Wildman–Crippen LogP) is 7.40. The highest BCUT2D eigenvalue weighted by Gasteiger charge is 2.25. The maximum Gasteiger partial charge on any atom is 0.264 e. The molecule has 0 bridgehead atoms. The average Bonchev–Trinajstić information content (AvgIpc) is 3.17. The van der Waals surface area contributed by atoms with Crippen LogP contribution in [0.25, 0.3) is 11.1 Å². The number of hydrogen-bond acceptors (Lipinski definition) is 10. The van der Waals surface area contributed by atoms with Gasteiger partial charge in [0, 0.05) is 65.4 Å². The molecule has 5 aromatic rings. The summed E-state index contributed by atoms with van der Waals surface area (Å²) in [4.78, 5) is 16.1. The van der Waals surface area contributed by atoms with Crippen LogP contribution in [0.1, 0.15) is 28.8 Å². The molecule has 0 saturated carbocycles. The van der Waals surface area contributed by atoms with Crippen LogP contribution < -0.4 is 20.7 Å². The summed E-state index contributed by atoms with van der Waals surface area (Å²) in [5, 5.41) is 10.8. The van der Waals surface area contributed by atoms with Crippen LogP contribution in [0.3, 0.4) is 0 Å². The van der Waals surface area contributed by atoms with Crippen LogP contribution in [0.5, 0.6) is 0 Å². The van der Waals surface area contributed by atoms with E-state index in [1.807, 2.05) is 66.7 Å². The Kier molecular flexibility index (Phi) is 14.1. The third-order valence-corrected chi connectivity index (χ3v) is 13.3. The van der Waals surface area contributed by atoms with Crippen molar-refractivity contribution in [3.05, 3.63) is 137 Å². The minimum absolute atomic E-state index is 0.0829. The van der Waals surface area contributed by atoms with Crippen molar-refractivity contribution >= 4 is 60.5 Å². The third kappa shape index (κ3) is 11.6. The molecule has 0 aliphatic carbocycles. The first-order chi connectivity index (χ1) is 26.9. The largest absolute Gasteiger partial charge is 0.384 e. The van der Waals surface area contributed by atoms with Crippen LogP contribution in [-0.2, 0) is 26.4 Å². The van der Waals surface area contributed by atoms with Crippen molar-refractivity contribution in [1.29, 1.82) is 0 Å². The zero-order valence-corrected chi connectivity index (χ0v) is 34.3. The number of benzene rings is 5. The molecule has 1 amide bonds. The molecule has 1 aliphatic heterocycles. The van der Waals surface area contributed by atoms with E-state index in [0.29, 0.717) is 36.1 Å². The molecule has 0 aromatic heterocycles. The molecule has 4 N–H and O–H groups in total.